The largest absolute Gasteiger partial charge is 0.497 e. The number of carboxylic acid groups (broad SMARTS) is 1. The Morgan fingerprint density at radius 3 is 2.29 bits per heavy atom. The van der Waals surface area contributed by atoms with Gasteiger partial charge >= 0.3 is 5.97 Å². The maximum absolute atomic E-state index is 11.7. The molecular weight excluding hydrogens is 244 g/mol. The van der Waals surface area contributed by atoms with Gasteiger partial charge in [-0.2, -0.15) is 0 Å². The molecule has 0 spiro atoms. The molecule has 0 radical (unpaired) electrons. The molecule has 1 aromatic carbocycles. The molecule has 94 valence electrons. The minimum atomic E-state index is -3.67. The second-order valence-electron chi connectivity index (χ2n) is 3.64. The first-order chi connectivity index (χ1) is 7.86. The lowest BCUT2D eigenvalue weighted by Crippen LogP contribution is -2.28. The zero-order chi connectivity index (χ0) is 13.1. The molecule has 0 saturated carbocycles. The zero-order valence-electron chi connectivity index (χ0n) is 9.58. The lowest BCUT2D eigenvalue weighted by Gasteiger charge is -2.08. The quantitative estimate of drug-likeness (QED) is 0.854. The van der Waals surface area contributed by atoms with Crippen LogP contribution < -0.4 is 4.74 Å². The fourth-order valence-electron chi connectivity index (χ4n) is 1.23. The molecule has 5 nitrogen and oxygen atoms in total. The Hall–Kier alpha value is -1.56. The summed E-state index contributed by atoms with van der Waals surface area (Å²) in [6.07, 6.45) is 0. The van der Waals surface area contributed by atoms with Crippen molar-refractivity contribution in [1.29, 1.82) is 0 Å². The van der Waals surface area contributed by atoms with Gasteiger partial charge in [-0.1, -0.05) is 12.1 Å². The van der Waals surface area contributed by atoms with E-state index < -0.39 is 21.1 Å². The highest BCUT2D eigenvalue weighted by Gasteiger charge is 2.27. The number of ether oxygens (including phenoxy) is 1. The Morgan fingerprint density at radius 1 is 1.35 bits per heavy atom. The van der Waals surface area contributed by atoms with E-state index in [1.165, 1.54) is 14.0 Å². The van der Waals surface area contributed by atoms with E-state index in [1.54, 1.807) is 24.3 Å². The number of benzene rings is 1. The maximum Gasteiger partial charge on any atom is 0.321 e. The van der Waals surface area contributed by atoms with Gasteiger partial charge in [0.1, 0.15) is 5.75 Å². The molecule has 0 heterocycles. The SMILES string of the molecule is COc1ccc(CS(=O)(=O)C(C)C(=O)O)cc1. The van der Waals surface area contributed by atoms with Crippen LogP contribution in [0.3, 0.4) is 0 Å². The zero-order valence-corrected chi connectivity index (χ0v) is 10.4. The fraction of sp³-hybridized carbons (Fsp3) is 0.364. The van der Waals surface area contributed by atoms with Crippen LogP contribution in [0, 0.1) is 0 Å². The minimum Gasteiger partial charge on any atom is -0.497 e. The monoisotopic (exact) mass is 258 g/mol. The van der Waals surface area contributed by atoms with Crippen LogP contribution in [-0.4, -0.2) is 31.9 Å². The number of carboxylic acids is 1. The number of hydrogen-bond acceptors (Lipinski definition) is 4. The first-order valence-corrected chi connectivity index (χ1v) is 6.65. The standard InChI is InChI=1S/C11H14O5S/c1-8(11(12)13)17(14,15)7-9-3-5-10(16-2)6-4-9/h3-6,8H,7H2,1-2H3,(H,12,13). The first-order valence-electron chi connectivity index (χ1n) is 4.94. The van der Waals surface area contributed by atoms with Crippen molar-refractivity contribution < 1.29 is 23.1 Å². The lowest BCUT2D eigenvalue weighted by molar-refractivity contribution is -0.136. The Morgan fingerprint density at radius 2 is 1.88 bits per heavy atom. The third-order valence-electron chi connectivity index (χ3n) is 2.41. The average molecular weight is 258 g/mol. The number of rotatable bonds is 5. The van der Waals surface area contributed by atoms with E-state index in [1.807, 2.05) is 0 Å². The molecule has 6 heteroatoms. The van der Waals surface area contributed by atoms with E-state index in [9.17, 15) is 13.2 Å². The van der Waals surface area contributed by atoms with Gasteiger partial charge in [-0.25, -0.2) is 8.42 Å². The number of carbonyl (C=O) groups is 1. The number of sulfone groups is 1. The van der Waals surface area contributed by atoms with Gasteiger partial charge in [0.2, 0.25) is 0 Å². The van der Waals surface area contributed by atoms with Crippen molar-refractivity contribution in [2.45, 2.75) is 17.9 Å². The summed E-state index contributed by atoms with van der Waals surface area (Å²) in [5, 5.41) is 7.28. The molecular formula is C11H14O5S. The van der Waals surface area contributed by atoms with Crippen LogP contribution in [0.2, 0.25) is 0 Å². The molecule has 1 atom stereocenters. The number of methoxy groups -OCH3 is 1. The highest BCUT2D eigenvalue weighted by atomic mass is 32.2. The van der Waals surface area contributed by atoms with Crippen LogP contribution in [0.4, 0.5) is 0 Å². The van der Waals surface area contributed by atoms with Crippen LogP contribution in [0.25, 0.3) is 0 Å². The van der Waals surface area contributed by atoms with Gasteiger partial charge in [-0.3, -0.25) is 4.79 Å². The van der Waals surface area contributed by atoms with Gasteiger partial charge < -0.3 is 9.84 Å². The summed E-state index contributed by atoms with van der Waals surface area (Å²) in [5.41, 5.74) is 0.541. The van der Waals surface area contributed by atoms with Gasteiger partial charge in [0.25, 0.3) is 0 Å². The molecule has 0 saturated heterocycles. The summed E-state index contributed by atoms with van der Waals surface area (Å²) >= 11 is 0. The van der Waals surface area contributed by atoms with Gasteiger partial charge in [-0.05, 0) is 24.6 Å². The Bertz CT molecular complexity index is 489. The van der Waals surface area contributed by atoms with Gasteiger partial charge in [0.15, 0.2) is 15.1 Å². The Balaban J connectivity index is 2.86. The highest BCUT2D eigenvalue weighted by Crippen LogP contribution is 2.15. The molecule has 1 N–H and O–H groups in total. The predicted molar refractivity (Wildman–Crippen MR) is 62.7 cm³/mol. The molecule has 1 aromatic rings. The molecule has 0 fully saturated rings. The number of hydrogen-bond donors (Lipinski definition) is 1. The van der Waals surface area contributed by atoms with Gasteiger partial charge in [0.05, 0.1) is 12.9 Å². The average Bonchev–Trinajstić information content (AvgIpc) is 2.28. The van der Waals surface area contributed by atoms with Crippen molar-refractivity contribution in [3.63, 3.8) is 0 Å². The molecule has 0 bridgehead atoms. The maximum atomic E-state index is 11.7. The van der Waals surface area contributed by atoms with E-state index in [-0.39, 0.29) is 5.75 Å². The molecule has 0 aliphatic rings. The summed E-state index contributed by atoms with van der Waals surface area (Å²) in [7, 11) is -2.16. The third kappa shape index (κ3) is 3.45. The van der Waals surface area contributed by atoms with E-state index >= 15 is 0 Å². The summed E-state index contributed by atoms with van der Waals surface area (Å²) in [4.78, 5) is 10.6. The fourth-order valence-corrected chi connectivity index (χ4v) is 2.45. The van der Waals surface area contributed by atoms with Crippen LogP contribution >= 0.6 is 0 Å². The third-order valence-corrected chi connectivity index (χ3v) is 4.43. The smallest absolute Gasteiger partial charge is 0.321 e. The molecule has 0 aliphatic heterocycles. The van der Waals surface area contributed by atoms with E-state index in [0.29, 0.717) is 11.3 Å². The van der Waals surface area contributed by atoms with Gasteiger partial charge in [0, 0.05) is 0 Å². The molecule has 17 heavy (non-hydrogen) atoms. The Labute approximate surface area is 100.0 Å². The minimum absolute atomic E-state index is 0.287. The van der Waals surface area contributed by atoms with Crippen LogP contribution in [0.5, 0.6) is 5.75 Å². The van der Waals surface area contributed by atoms with E-state index in [4.69, 9.17) is 9.84 Å². The van der Waals surface area contributed by atoms with E-state index in [2.05, 4.69) is 0 Å². The number of aliphatic carboxylic acids is 1. The van der Waals surface area contributed by atoms with Crippen molar-refractivity contribution in [1.82, 2.24) is 0 Å². The van der Waals surface area contributed by atoms with Crippen molar-refractivity contribution in [3.8, 4) is 5.75 Å². The van der Waals surface area contributed by atoms with Crippen LogP contribution in [0.15, 0.2) is 24.3 Å². The predicted octanol–water partition coefficient (Wildman–Crippen LogP) is 1.08. The Kier molecular flexibility index (Phi) is 4.11. The normalized spacial score (nSPS) is 13.1. The van der Waals surface area contributed by atoms with Crippen molar-refractivity contribution in [3.05, 3.63) is 29.8 Å². The van der Waals surface area contributed by atoms with E-state index in [0.717, 1.165) is 0 Å². The second-order valence-corrected chi connectivity index (χ2v) is 5.96. The summed E-state index contributed by atoms with van der Waals surface area (Å²) < 4.78 is 28.3. The summed E-state index contributed by atoms with van der Waals surface area (Å²) in [6.45, 7) is 1.17. The van der Waals surface area contributed by atoms with Crippen molar-refractivity contribution in [2.24, 2.45) is 0 Å². The molecule has 0 aromatic heterocycles. The molecule has 1 unspecified atom stereocenters. The van der Waals surface area contributed by atoms with Crippen molar-refractivity contribution >= 4 is 15.8 Å². The summed E-state index contributed by atoms with van der Waals surface area (Å²) in [5.74, 6) is -0.999. The second kappa shape index (κ2) is 5.18. The van der Waals surface area contributed by atoms with Gasteiger partial charge in [-0.15, -0.1) is 0 Å². The summed E-state index contributed by atoms with van der Waals surface area (Å²) in [6, 6.07) is 6.47. The topological polar surface area (TPSA) is 80.7 Å². The van der Waals surface area contributed by atoms with Crippen LogP contribution in [-0.2, 0) is 20.4 Å². The van der Waals surface area contributed by atoms with Crippen LogP contribution in [0.1, 0.15) is 12.5 Å². The highest BCUT2D eigenvalue weighted by molar-refractivity contribution is 7.91. The lowest BCUT2D eigenvalue weighted by atomic mass is 10.2. The first kappa shape index (κ1) is 13.5. The molecule has 0 amide bonds. The molecule has 0 aliphatic carbocycles. The molecule has 1 rings (SSSR count). The van der Waals surface area contributed by atoms with Crippen molar-refractivity contribution in [2.75, 3.05) is 7.11 Å².